The number of terminal acetylenes is 3. The Balaban J connectivity index is 0. The third-order valence-corrected chi connectivity index (χ3v) is 3.21. The molecule has 2 rings (SSSR count). The number of benzene rings is 1. The number of carboxylic acid groups (broad SMARTS) is 1. The zero-order chi connectivity index (χ0) is 20.5. The number of hydrogen-bond donors (Lipinski definition) is 3. The lowest BCUT2D eigenvalue weighted by atomic mass is 10.0. The highest BCUT2D eigenvalue weighted by molar-refractivity contribution is 5.92. The Morgan fingerprint density at radius 2 is 1.62 bits per heavy atom. The summed E-state index contributed by atoms with van der Waals surface area (Å²) in [5, 5.41) is 21.1. The normalized spacial score (nSPS) is 17.3. The molecule has 0 aromatic heterocycles. The fourth-order valence-electron chi connectivity index (χ4n) is 2.11. The van der Waals surface area contributed by atoms with Crippen molar-refractivity contribution in [2.24, 2.45) is 0 Å². The van der Waals surface area contributed by atoms with Gasteiger partial charge >= 0.3 is 5.97 Å². The molecule has 138 valence electrons. The largest absolute Gasteiger partial charge is 0.478 e. The summed E-state index contributed by atoms with van der Waals surface area (Å²) in [7, 11) is 0. The van der Waals surface area contributed by atoms with Crippen molar-refractivity contribution in [3.05, 3.63) is 29.8 Å². The highest BCUT2D eigenvalue weighted by Crippen LogP contribution is 2.17. The number of nitrogens with one attached hydrogen (secondary N) is 1. The molecule has 1 amide bonds. The minimum atomic E-state index is -1.01. The molecular formula is C20H23NO5. The first-order chi connectivity index (χ1) is 12.6. The van der Waals surface area contributed by atoms with Crippen molar-refractivity contribution in [1.29, 1.82) is 0 Å². The highest BCUT2D eigenvalue weighted by atomic mass is 16.5. The number of aliphatic hydroxyl groups excluding tert-OH is 1. The fraction of sp³-hybridized carbons (Fsp3) is 0.300. The molecule has 1 fully saturated rings. The van der Waals surface area contributed by atoms with Crippen LogP contribution in [0.2, 0.25) is 0 Å². The summed E-state index contributed by atoms with van der Waals surface area (Å²) >= 11 is 0. The molecule has 1 saturated heterocycles. The van der Waals surface area contributed by atoms with Crippen molar-refractivity contribution >= 4 is 17.6 Å². The van der Waals surface area contributed by atoms with Crippen LogP contribution in [0.1, 0.15) is 29.6 Å². The number of anilines is 1. The molecule has 1 aromatic carbocycles. The van der Waals surface area contributed by atoms with Gasteiger partial charge in [-0.1, -0.05) is 0 Å². The Labute approximate surface area is 154 Å². The third kappa shape index (κ3) is 9.15. The van der Waals surface area contributed by atoms with E-state index in [1.165, 1.54) is 24.3 Å². The van der Waals surface area contributed by atoms with E-state index in [0.717, 1.165) is 6.42 Å². The second-order valence-corrected chi connectivity index (χ2v) is 4.75. The van der Waals surface area contributed by atoms with Crippen LogP contribution in [0.4, 0.5) is 5.69 Å². The van der Waals surface area contributed by atoms with Gasteiger partial charge in [-0.3, -0.25) is 4.79 Å². The van der Waals surface area contributed by atoms with Crippen LogP contribution in [-0.4, -0.2) is 40.9 Å². The molecule has 6 heteroatoms. The van der Waals surface area contributed by atoms with E-state index in [9.17, 15) is 14.7 Å². The summed E-state index contributed by atoms with van der Waals surface area (Å²) in [6.45, 7) is 0.558. The standard InChI is InChI=1S/C14H17NO5.3C2H2/c16-11-2-1-7-20-12(11)8-13(17)15-10-5-3-9(4-6-10)14(18)19;3*1-2/h3-6,11-12,16H,1-2,7-8H2,(H,15,17)(H,18,19);3*1-2H/t11-,12-;;;/m0.../s1. The predicted molar refractivity (Wildman–Crippen MR) is 101 cm³/mol. The van der Waals surface area contributed by atoms with E-state index >= 15 is 0 Å². The highest BCUT2D eigenvalue weighted by Gasteiger charge is 2.26. The second kappa shape index (κ2) is 15.3. The van der Waals surface area contributed by atoms with Crippen molar-refractivity contribution in [3.63, 3.8) is 0 Å². The van der Waals surface area contributed by atoms with E-state index in [1.54, 1.807) is 0 Å². The van der Waals surface area contributed by atoms with Gasteiger partial charge in [-0.25, -0.2) is 4.79 Å². The monoisotopic (exact) mass is 357 g/mol. The Morgan fingerprint density at radius 3 is 2.08 bits per heavy atom. The zero-order valence-corrected chi connectivity index (χ0v) is 14.4. The number of carbonyl (C=O) groups is 2. The van der Waals surface area contributed by atoms with Gasteiger partial charge in [0, 0.05) is 12.3 Å². The predicted octanol–water partition coefficient (Wildman–Crippen LogP) is 2.00. The lowest BCUT2D eigenvalue weighted by molar-refractivity contribution is -0.125. The minimum Gasteiger partial charge on any atom is -0.478 e. The Kier molecular flexibility index (Phi) is 14.7. The summed E-state index contributed by atoms with van der Waals surface area (Å²) in [5.74, 6) is -1.28. The Hall–Kier alpha value is -3.24. The zero-order valence-electron chi connectivity index (χ0n) is 14.4. The molecule has 2 atom stereocenters. The van der Waals surface area contributed by atoms with Crippen molar-refractivity contribution in [3.8, 4) is 38.5 Å². The number of rotatable bonds is 4. The van der Waals surface area contributed by atoms with E-state index in [2.05, 4.69) is 43.9 Å². The maximum Gasteiger partial charge on any atom is 0.335 e. The van der Waals surface area contributed by atoms with Crippen molar-refractivity contribution in [2.75, 3.05) is 11.9 Å². The summed E-state index contributed by atoms with van der Waals surface area (Å²) in [6.07, 6.45) is 24.5. The van der Waals surface area contributed by atoms with Crippen molar-refractivity contribution in [1.82, 2.24) is 0 Å². The maximum absolute atomic E-state index is 11.8. The van der Waals surface area contributed by atoms with Crippen LogP contribution in [0.15, 0.2) is 24.3 Å². The number of aliphatic hydroxyl groups is 1. The molecule has 1 aromatic rings. The van der Waals surface area contributed by atoms with Gasteiger partial charge < -0.3 is 20.3 Å². The molecule has 6 nitrogen and oxygen atoms in total. The lowest BCUT2D eigenvalue weighted by Gasteiger charge is -2.27. The Morgan fingerprint density at radius 1 is 1.08 bits per heavy atom. The van der Waals surface area contributed by atoms with Crippen LogP contribution >= 0.6 is 0 Å². The second-order valence-electron chi connectivity index (χ2n) is 4.75. The number of amides is 1. The van der Waals surface area contributed by atoms with Crippen molar-refractivity contribution < 1.29 is 24.5 Å². The molecule has 26 heavy (non-hydrogen) atoms. The van der Waals surface area contributed by atoms with Gasteiger partial charge in [0.15, 0.2) is 0 Å². The van der Waals surface area contributed by atoms with E-state index in [4.69, 9.17) is 9.84 Å². The molecule has 0 unspecified atom stereocenters. The SMILES string of the molecule is C#C.C#C.C#C.O=C(C[C@@H]1OCCC[C@@H]1O)Nc1ccc(C(=O)O)cc1. The van der Waals surface area contributed by atoms with Crippen molar-refractivity contribution in [2.45, 2.75) is 31.5 Å². The van der Waals surface area contributed by atoms with Crippen LogP contribution < -0.4 is 5.32 Å². The number of aromatic carboxylic acids is 1. The van der Waals surface area contributed by atoms with Gasteiger partial charge in [-0.15, -0.1) is 38.5 Å². The smallest absolute Gasteiger partial charge is 0.335 e. The lowest BCUT2D eigenvalue weighted by Crippen LogP contribution is -2.36. The quantitative estimate of drug-likeness (QED) is 0.717. The Bertz CT molecular complexity index is 587. The van der Waals surface area contributed by atoms with Crippen LogP contribution in [0.5, 0.6) is 0 Å². The summed E-state index contributed by atoms with van der Waals surface area (Å²) in [5.41, 5.74) is 0.680. The number of carbonyl (C=O) groups excluding carboxylic acids is 1. The topological polar surface area (TPSA) is 95.9 Å². The molecule has 1 aliphatic rings. The maximum atomic E-state index is 11.8. The molecule has 1 aliphatic heterocycles. The third-order valence-electron chi connectivity index (χ3n) is 3.21. The summed E-state index contributed by atoms with van der Waals surface area (Å²) in [4.78, 5) is 22.5. The molecule has 0 radical (unpaired) electrons. The van der Waals surface area contributed by atoms with Gasteiger partial charge in [-0.2, -0.15) is 0 Å². The summed E-state index contributed by atoms with van der Waals surface area (Å²) in [6, 6.07) is 5.90. The first-order valence-corrected chi connectivity index (χ1v) is 7.49. The van der Waals surface area contributed by atoms with Crippen LogP contribution in [0.25, 0.3) is 0 Å². The molecule has 3 N–H and O–H groups in total. The summed E-state index contributed by atoms with van der Waals surface area (Å²) < 4.78 is 5.36. The van der Waals surface area contributed by atoms with Gasteiger partial charge in [0.25, 0.3) is 0 Å². The van der Waals surface area contributed by atoms with Gasteiger partial charge in [-0.05, 0) is 37.1 Å². The fourth-order valence-corrected chi connectivity index (χ4v) is 2.11. The van der Waals surface area contributed by atoms with Gasteiger partial charge in [0.2, 0.25) is 5.91 Å². The number of carboxylic acids is 1. The molecule has 0 aliphatic carbocycles. The van der Waals surface area contributed by atoms with E-state index in [1.807, 2.05) is 0 Å². The van der Waals surface area contributed by atoms with Gasteiger partial charge in [0.1, 0.15) is 0 Å². The van der Waals surface area contributed by atoms with E-state index in [-0.39, 0.29) is 17.9 Å². The molecular weight excluding hydrogens is 334 g/mol. The molecule has 0 saturated carbocycles. The first-order valence-electron chi connectivity index (χ1n) is 7.49. The van der Waals surface area contributed by atoms with Crippen LogP contribution in [0.3, 0.4) is 0 Å². The van der Waals surface area contributed by atoms with Gasteiger partial charge in [0.05, 0.1) is 24.2 Å². The molecule has 0 spiro atoms. The first kappa shape index (κ1) is 25.0. The molecule has 1 heterocycles. The van der Waals surface area contributed by atoms with Crippen LogP contribution in [0, 0.1) is 38.5 Å². The average Bonchev–Trinajstić information content (AvgIpc) is 2.69. The minimum absolute atomic E-state index is 0.0852. The number of hydrogen-bond acceptors (Lipinski definition) is 4. The molecule has 0 bridgehead atoms. The average molecular weight is 357 g/mol. The van der Waals surface area contributed by atoms with Crippen LogP contribution in [-0.2, 0) is 9.53 Å². The number of ether oxygens (including phenoxy) is 1. The van der Waals surface area contributed by atoms with E-state index < -0.39 is 18.2 Å². The van der Waals surface area contributed by atoms with E-state index in [0.29, 0.717) is 18.7 Å².